The van der Waals surface area contributed by atoms with Gasteiger partial charge in [0.2, 0.25) is 11.0 Å². The van der Waals surface area contributed by atoms with E-state index in [0.717, 1.165) is 22.7 Å². The lowest BCUT2D eigenvalue weighted by molar-refractivity contribution is -0.117. The highest BCUT2D eigenvalue weighted by Crippen LogP contribution is 2.35. The SMILES string of the molecule is CCc1ccccc1N1C[C@H](c2nnc(NC(=O)c3ccco3)s2)CC1=O. The Kier molecular flexibility index (Phi) is 4.72. The van der Waals surface area contributed by atoms with Crippen LogP contribution in [-0.2, 0) is 11.2 Å². The molecule has 0 aliphatic carbocycles. The van der Waals surface area contributed by atoms with E-state index in [1.54, 1.807) is 12.1 Å². The molecule has 1 N–H and O–H groups in total. The number of furan rings is 1. The number of aromatic nitrogens is 2. The normalized spacial score (nSPS) is 16.7. The Morgan fingerprint density at radius 3 is 2.93 bits per heavy atom. The highest BCUT2D eigenvalue weighted by Gasteiger charge is 2.34. The molecule has 0 bridgehead atoms. The Labute approximate surface area is 160 Å². The van der Waals surface area contributed by atoms with E-state index >= 15 is 0 Å². The molecular formula is C19H18N4O3S. The first-order valence-corrected chi connectivity index (χ1v) is 9.54. The fraction of sp³-hybridized carbons (Fsp3) is 0.263. The van der Waals surface area contributed by atoms with Crippen molar-refractivity contribution in [3.8, 4) is 0 Å². The molecule has 2 aromatic heterocycles. The van der Waals surface area contributed by atoms with Crippen LogP contribution >= 0.6 is 11.3 Å². The van der Waals surface area contributed by atoms with E-state index in [2.05, 4.69) is 22.4 Å². The lowest BCUT2D eigenvalue weighted by Crippen LogP contribution is -2.25. The van der Waals surface area contributed by atoms with Crippen molar-refractivity contribution in [3.63, 3.8) is 0 Å². The zero-order valence-electron chi connectivity index (χ0n) is 14.7. The van der Waals surface area contributed by atoms with Crippen LogP contribution in [0.25, 0.3) is 0 Å². The Morgan fingerprint density at radius 1 is 1.30 bits per heavy atom. The van der Waals surface area contributed by atoms with Gasteiger partial charge in [-0.3, -0.25) is 14.9 Å². The molecule has 0 radical (unpaired) electrons. The maximum absolute atomic E-state index is 12.6. The predicted molar refractivity (Wildman–Crippen MR) is 102 cm³/mol. The monoisotopic (exact) mass is 382 g/mol. The standard InChI is InChI=1S/C19H18N4O3S/c1-2-12-6-3-4-7-14(12)23-11-13(10-16(23)24)18-21-22-19(27-18)20-17(25)15-8-5-9-26-15/h3-9,13H,2,10-11H2,1H3,(H,20,22,25)/t13-/m1/s1. The second kappa shape index (κ2) is 7.32. The number of carbonyl (C=O) groups is 2. The molecule has 1 atom stereocenters. The van der Waals surface area contributed by atoms with E-state index in [4.69, 9.17) is 4.42 Å². The first-order chi connectivity index (χ1) is 13.2. The molecule has 1 aliphatic heterocycles. The number of anilines is 2. The molecule has 0 unspecified atom stereocenters. The van der Waals surface area contributed by atoms with Crippen molar-refractivity contribution in [3.05, 3.63) is 59.0 Å². The number of hydrogen-bond acceptors (Lipinski definition) is 6. The summed E-state index contributed by atoms with van der Waals surface area (Å²) in [6.45, 7) is 2.65. The average molecular weight is 382 g/mol. The average Bonchev–Trinajstić information content (AvgIpc) is 3.42. The van der Waals surface area contributed by atoms with Crippen LogP contribution in [0.3, 0.4) is 0 Å². The van der Waals surface area contributed by atoms with Crippen LogP contribution in [0.5, 0.6) is 0 Å². The lowest BCUT2D eigenvalue weighted by Gasteiger charge is -2.19. The number of para-hydroxylation sites is 1. The summed E-state index contributed by atoms with van der Waals surface area (Å²) in [5, 5.41) is 12.0. The molecule has 8 heteroatoms. The number of hydrogen-bond donors (Lipinski definition) is 1. The number of nitrogens with zero attached hydrogens (tertiary/aromatic N) is 3. The predicted octanol–water partition coefficient (Wildman–Crippen LogP) is 3.47. The summed E-state index contributed by atoms with van der Waals surface area (Å²) in [5.41, 5.74) is 2.11. The van der Waals surface area contributed by atoms with Gasteiger partial charge in [-0.15, -0.1) is 10.2 Å². The highest BCUT2D eigenvalue weighted by atomic mass is 32.1. The van der Waals surface area contributed by atoms with Crippen molar-refractivity contribution in [1.82, 2.24) is 10.2 Å². The third-order valence-electron chi connectivity index (χ3n) is 4.54. The number of nitrogens with one attached hydrogen (secondary N) is 1. The fourth-order valence-electron chi connectivity index (χ4n) is 3.20. The summed E-state index contributed by atoms with van der Waals surface area (Å²) in [7, 11) is 0. The molecule has 3 heterocycles. The molecule has 138 valence electrons. The fourth-order valence-corrected chi connectivity index (χ4v) is 4.03. The first kappa shape index (κ1) is 17.4. The van der Waals surface area contributed by atoms with Gasteiger partial charge < -0.3 is 9.32 Å². The minimum atomic E-state index is -0.372. The summed E-state index contributed by atoms with van der Waals surface area (Å²) >= 11 is 1.29. The van der Waals surface area contributed by atoms with Crippen LogP contribution in [0, 0.1) is 0 Å². The third kappa shape index (κ3) is 3.48. The van der Waals surface area contributed by atoms with Crippen molar-refractivity contribution in [1.29, 1.82) is 0 Å². The molecule has 1 aliphatic rings. The van der Waals surface area contributed by atoms with E-state index in [1.807, 2.05) is 29.2 Å². The van der Waals surface area contributed by atoms with Gasteiger partial charge in [0.05, 0.1) is 6.26 Å². The van der Waals surface area contributed by atoms with Crippen molar-refractivity contribution in [2.24, 2.45) is 0 Å². The molecule has 2 amide bonds. The number of amides is 2. The summed E-state index contributed by atoms with van der Waals surface area (Å²) in [6, 6.07) is 11.2. The minimum absolute atomic E-state index is 0.0332. The van der Waals surface area contributed by atoms with Gasteiger partial charge in [0.15, 0.2) is 5.76 Å². The topological polar surface area (TPSA) is 88.3 Å². The minimum Gasteiger partial charge on any atom is -0.459 e. The lowest BCUT2D eigenvalue weighted by atomic mass is 10.1. The first-order valence-electron chi connectivity index (χ1n) is 8.72. The molecule has 1 aromatic carbocycles. The summed E-state index contributed by atoms with van der Waals surface area (Å²) in [5.74, 6) is -0.111. The zero-order valence-corrected chi connectivity index (χ0v) is 15.5. The van der Waals surface area contributed by atoms with E-state index in [9.17, 15) is 9.59 Å². The van der Waals surface area contributed by atoms with Crippen molar-refractivity contribution in [2.75, 3.05) is 16.8 Å². The Hall–Kier alpha value is -3.00. The van der Waals surface area contributed by atoms with Gasteiger partial charge >= 0.3 is 0 Å². The smallest absolute Gasteiger partial charge is 0.293 e. The van der Waals surface area contributed by atoms with Crippen LogP contribution in [0.4, 0.5) is 10.8 Å². The van der Waals surface area contributed by atoms with Crippen LogP contribution in [0.15, 0.2) is 47.1 Å². The number of carbonyl (C=O) groups excluding carboxylic acids is 2. The summed E-state index contributed by atoms with van der Waals surface area (Å²) < 4.78 is 5.07. The Balaban J connectivity index is 1.48. The molecule has 0 spiro atoms. The van der Waals surface area contributed by atoms with Gasteiger partial charge in [-0.05, 0) is 30.2 Å². The van der Waals surface area contributed by atoms with E-state index < -0.39 is 0 Å². The molecule has 7 nitrogen and oxygen atoms in total. The Morgan fingerprint density at radius 2 is 2.15 bits per heavy atom. The maximum Gasteiger partial charge on any atom is 0.293 e. The van der Waals surface area contributed by atoms with E-state index in [0.29, 0.717) is 18.1 Å². The second-order valence-corrected chi connectivity index (χ2v) is 7.27. The van der Waals surface area contributed by atoms with Crippen LogP contribution in [0.2, 0.25) is 0 Å². The van der Waals surface area contributed by atoms with Crippen molar-refractivity contribution >= 4 is 34.0 Å². The molecular weight excluding hydrogens is 364 g/mol. The molecule has 3 aromatic rings. The molecule has 1 saturated heterocycles. The second-order valence-electron chi connectivity index (χ2n) is 6.26. The Bertz CT molecular complexity index is 967. The van der Waals surface area contributed by atoms with Crippen molar-refractivity contribution < 1.29 is 14.0 Å². The maximum atomic E-state index is 12.6. The van der Waals surface area contributed by atoms with E-state index in [1.165, 1.54) is 17.6 Å². The van der Waals surface area contributed by atoms with Crippen LogP contribution < -0.4 is 10.2 Å². The van der Waals surface area contributed by atoms with Gasteiger partial charge in [-0.1, -0.05) is 36.5 Å². The number of aryl methyl sites for hydroxylation is 1. The van der Waals surface area contributed by atoms with Gasteiger partial charge in [0, 0.05) is 24.6 Å². The van der Waals surface area contributed by atoms with Crippen LogP contribution in [0.1, 0.15) is 40.4 Å². The quantitative estimate of drug-likeness (QED) is 0.730. The number of rotatable bonds is 5. The molecule has 4 rings (SSSR count). The van der Waals surface area contributed by atoms with Crippen molar-refractivity contribution in [2.45, 2.75) is 25.7 Å². The molecule has 0 saturated carbocycles. The van der Waals surface area contributed by atoms with E-state index in [-0.39, 0.29) is 23.5 Å². The zero-order chi connectivity index (χ0) is 18.8. The number of benzene rings is 1. The van der Waals surface area contributed by atoms with Gasteiger partial charge in [0.1, 0.15) is 5.01 Å². The third-order valence-corrected chi connectivity index (χ3v) is 5.54. The molecule has 27 heavy (non-hydrogen) atoms. The van der Waals surface area contributed by atoms with Gasteiger partial charge in [0.25, 0.3) is 5.91 Å². The highest BCUT2D eigenvalue weighted by molar-refractivity contribution is 7.15. The summed E-state index contributed by atoms with van der Waals surface area (Å²) in [6.07, 6.45) is 2.69. The van der Waals surface area contributed by atoms with Gasteiger partial charge in [-0.25, -0.2) is 0 Å². The van der Waals surface area contributed by atoms with Crippen LogP contribution in [-0.4, -0.2) is 28.6 Å². The summed E-state index contributed by atoms with van der Waals surface area (Å²) in [4.78, 5) is 26.4. The molecule has 1 fully saturated rings. The largest absolute Gasteiger partial charge is 0.459 e. The van der Waals surface area contributed by atoms with Gasteiger partial charge in [-0.2, -0.15) is 0 Å².